The smallest absolute Gasteiger partial charge is 0.127 e. The molecule has 0 heterocycles. The predicted molar refractivity (Wildman–Crippen MR) is 51.5 cm³/mol. The Morgan fingerprint density at radius 1 is 1.43 bits per heavy atom. The molecule has 0 unspecified atom stereocenters. The zero-order valence-corrected chi connectivity index (χ0v) is 8.34. The minimum Gasteiger partial charge on any atom is -0.496 e. The molecule has 0 aromatic heterocycles. The minimum atomic E-state index is -0.250. The largest absolute Gasteiger partial charge is 0.496 e. The molecule has 2 N–H and O–H groups in total. The Balaban J connectivity index is 2.99. The van der Waals surface area contributed by atoms with Gasteiger partial charge in [-0.1, -0.05) is 0 Å². The van der Waals surface area contributed by atoms with Gasteiger partial charge in [-0.05, 0) is 30.2 Å². The van der Waals surface area contributed by atoms with Crippen LogP contribution in [0, 0.1) is 12.7 Å². The van der Waals surface area contributed by atoms with Gasteiger partial charge in [-0.25, -0.2) is 10.3 Å². The Morgan fingerprint density at radius 2 is 2.14 bits per heavy atom. The summed E-state index contributed by atoms with van der Waals surface area (Å²) in [5.74, 6) is 5.32. The lowest BCUT2D eigenvalue weighted by Crippen LogP contribution is -2.07. The zero-order chi connectivity index (χ0) is 10.6. The molecule has 0 aliphatic heterocycles. The molecule has 1 rings (SSSR count). The molecule has 0 spiro atoms. The van der Waals surface area contributed by atoms with Crippen LogP contribution in [-0.2, 0) is 11.3 Å². The van der Waals surface area contributed by atoms with E-state index < -0.39 is 0 Å². The summed E-state index contributed by atoms with van der Waals surface area (Å²) in [7, 11) is 1.56. The van der Waals surface area contributed by atoms with Crippen LogP contribution in [0.1, 0.15) is 11.1 Å². The molecule has 1 aromatic rings. The molecule has 0 aliphatic carbocycles. The molecule has 14 heavy (non-hydrogen) atoms. The summed E-state index contributed by atoms with van der Waals surface area (Å²) in [5, 5.41) is 0. The Hall–Kier alpha value is -1.13. The lowest BCUT2D eigenvalue weighted by atomic mass is 10.0. The van der Waals surface area contributed by atoms with Crippen LogP contribution in [0.25, 0.3) is 0 Å². The summed E-state index contributed by atoms with van der Waals surface area (Å²) in [4.78, 5) is 4.42. The second kappa shape index (κ2) is 4.93. The maximum absolute atomic E-state index is 13.3. The van der Waals surface area contributed by atoms with Crippen molar-refractivity contribution in [3.8, 4) is 5.75 Å². The van der Waals surface area contributed by atoms with E-state index in [1.165, 1.54) is 6.07 Å². The second-order valence-electron chi connectivity index (χ2n) is 2.97. The number of benzene rings is 1. The minimum absolute atomic E-state index is 0.250. The molecular formula is C10H14FNO2. The van der Waals surface area contributed by atoms with E-state index in [1.54, 1.807) is 13.2 Å². The molecule has 0 amide bonds. The highest BCUT2D eigenvalue weighted by atomic mass is 19.1. The van der Waals surface area contributed by atoms with Crippen LogP contribution < -0.4 is 10.6 Å². The van der Waals surface area contributed by atoms with E-state index in [4.69, 9.17) is 10.6 Å². The number of halogens is 1. The Bertz CT molecular complexity index is 315. The number of rotatable bonds is 4. The standard InChI is InChI=1S/C10H14FNO2/c1-7-8(5-6-14-12)9(11)3-4-10(7)13-2/h3-4H,5-6,12H2,1-2H3. The average Bonchev–Trinajstić information content (AvgIpc) is 2.18. The normalized spacial score (nSPS) is 10.3. The van der Waals surface area contributed by atoms with E-state index in [9.17, 15) is 4.39 Å². The molecule has 0 saturated heterocycles. The van der Waals surface area contributed by atoms with Gasteiger partial charge in [0.2, 0.25) is 0 Å². The Kier molecular flexibility index (Phi) is 3.85. The lowest BCUT2D eigenvalue weighted by Gasteiger charge is -2.10. The fourth-order valence-corrected chi connectivity index (χ4v) is 1.39. The van der Waals surface area contributed by atoms with Gasteiger partial charge in [0.1, 0.15) is 11.6 Å². The summed E-state index contributed by atoms with van der Waals surface area (Å²) < 4.78 is 18.4. The van der Waals surface area contributed by atoms with Crippen LogP contribution in [0.2, 0.25) is 0 Å². The van der Waals surface area contributed by atoms with E-state index in [-0.39, 0.29) is 5.82 Å². The number of ether oxygens (including phenoxy) is 1. The molecule has 0 aliphatic rings. The van der Waals surface area contributed by atoms with Crippen molar-refractivity contribution < 1.29 is 14.0 Å². The molecule has 0 saturated carbocycles. The maximum Gasteiger partial charge on any atom is 0.127 e. The van der Waals surface area contributed by atoms with Gasteiger partial charge in [-0.2, -0.15) is 0 Å². The van der Waals surface area contributed by atoms with Gasteiger partial charge in [-0.15, -0.1) is 0 Å². The van der Waals surface area contributed by atoms with E-state index in [0.717, 1.165) is 5.56 Å². The summed E-state index contributed by atoms with van der Waals surface area (Å²) in [6.45, 7) is 2.11. The maximum atomic E-state index is 13.3. The Labute approximate surface area is 82.6 Å². The fraction of sp³-hybridized carbons (Fsp3) is 0.400. The summed E-state index contributed by atoms with van der Waals surface area (Å²) in [5.41, 5.74) is 1.39. The molecule has 0 atom stereocenters. The fourth-order valence-electron chi connectivity index (χ4n) is 1.39. The van der Waals surface area contributed by atoms with Crippen molar-refractivity contribution in [1.82, 2.24) is 0 Å². The van der Waals surface area contributed by atoms with E-state index >= 15 is 0 Å². The number of nitrogens with two attached hydrogens (primary N) is 1. The quantitative estimate of drug-likeness (QED) is 0.749. The predicted octanol–water partition coefficient (Wildman–Crippen LogP) is 1.58. The molecule has 0 bridgehead atoms. The lowest BCUT2D eigenvalue weighted by molar-refractivity contribution is 0.140. The third-order valence-corrected chi connectivity index (χ3v) is 2.18. The van der Waals surface area contributed by atoms with Gasteiger partial charge in [0.15, 0.2) is 0 Å². The molecule has 3 nitrogen and oxygen atoms in total. The highest BCUT2D eigenvalue weighted by Crippen LogP contribution is 2.23. The Morgan fingerprint density at radius 3 is 2.71 bits per heavy atom. The molecule has 0 radical (unpaired) electrons. The van der Waals surface area contributed by atoms with E-state index in [1.807, 2.05) is 6.92 Å². The SMILES string of the molecule is COc1ccc(F)c(CCON)c1C. The number of methoxy groups -OCH3 is 1. The summed E-state index contributed by atoms with van der Waals surface area (Å²) >= 11 is 0. The zero-order valence-electron chi connectivity index (χ0n) is 8.34. The molecule has 0 fully saturated rings. The van der Waals surface area contributed by atoms with Crippen LogP contribution in [0.15, 0.2) is 12.1 Å². The van der Waals surface area contributed by atoms with Crippen LogP contribution in [0.3, 0.4) is 0 Å². The topological polar surface area (TPSA) is 44.5 Å². The van der Waals surface area contributed by atoms with Gasteiger partial charge in [0.05, 0.1) is 13.7 Å². The monoisotopic (exact) mass is 199 g/mol. The second-order valence-corrected chi connectivity index (χ2v) is 2.97. The van der Waals surface area contributed by atoms with Crippen molar-refractivity contribution in [2.75, 3.05) is 13.7 Å². The first-order valence-corrected chi connectivity index (χ1v) is 4.34. The van der Waals surface area contributed by atoms with Crippen molar-refractivity contribution in [1.29, 1.82) is 0 Å². The van der Waals surface area contributed by atoms with E-state index in [2.05, 4.69) is 4.84 Å². The summed E-state index contributed by atoms with van der Waals surface area (Å²) in [6, 6.07) is 3.00. The highest BCUT2D eigenvalue weighted by molar-refractivity contribution is 5.40. The molecule has 1 aromatic carbocycles. The molecule has 78 valence electrons. The van der Waals surface area contributed by atoms with Gasteiger partial charge in [-0.3, -0.25) is 0 Å². The van der Waals surface area contributed by atoms with Crippen molar-refractivity contribution in [2.45, 2.75) is 13.3 Å². The first-order valence-electron chi connectivity index (χ1n) is 4.34. The number of hydrogen-bond acceptors (Lipinski definition) is 3. The van der Waals surface area contributed by atoms with Crippen LogP contribution in [0.4, 0.5) is 4.39 Å². The van der Waals surface area contributed by atoms with Gasteiger partial charge in [0.25, 0.3) is 0 Å². The van der Waals surface area contributed by atoms with Crippen LogP contribution in [-0.4, -0.2) is 13.7 Å². The molecular weight excluding hydrogens is 185 g/mol. The van der Waals surface area contributed by atoms with Gasteiger partial charge in [0, 0.05) is 6.42 Å². The van der Waals surface area contributed by atoms with Crippen molar-refractivity contribution in [3.63, 3.8) is 0 Å². The van der Waals surface area contributed by atoms with Crippen LogP contribution in [0.5, 0.6) is 5.75 Å². The van der Waals surface area contributed by atoms with Crippen molar-refractivity contribution in [2.24, 2.45) is 5.90 Å². The first-order chi connectivity index (χ1) is 6.70. The highest BCUT2D eigenvalue weighted by Gasteiger charge is 2.09. The summed E-state index contributed by atoms with van der Waals surface area (Å²) in [6.07, 6.45) is 0.450. The van der Waals surface area contributed by atoms with Crippen molar-refractivity contribution >= 4 is 0 Å². The number of hydrogen-bond donors (Lipinski definition) is 1. The van der Waals surface area contributed by atoms with E-state index in [0.29, 0.717) is 24.3 Å². The van der Waals surface area contributed by atoms with Crippen LogP contribution >= 0.6 is 0 Å². The van der Waals surface area contributed by atoms with Crippen molar-refractivity contribution in [3.05, 3.63) is 29.1 Å². The van der Waals surface area contributed by atoms with Gasteiger partial charge >= 0.3 is 0 Å². The van der Waals surface area contributed by atoms with Gasteiger partial charge < -0.3 is 9.57 Å². The average molecular weight is 199 g/mol. The third kappa shape index (κ3) is 2.21. The third-order valence-electron chi connectivity index (χ3n) is 2.18. The first kappa shape index (κ1) is 10.9. The molecule has 4 heteroatoms.